The molecular formula is C9H15NO3. The zero-order chi connectivity index (χ0) is 9.68. The number of aliphatic hydroxyl groups is 2. The fourth-order valence-electron chi connectivity index (χ4n) is 1.14. The van der Waals surface area contributed by atoms with Crippen molar-refractivity contribution in [2.75, 3.05) is 13.2 Å². The number of aliphatic hydroxyl groups excluding tert-OH is 2. The van der Waals surface area contributed by atoms with Crippen molar-refractivity contribution in [1.82, 2.24) is 5.32 Å². The van der Waals surface area contributed by atoms with Crippen LogP contribution in [0.3, 0.4) is 0 Å². The lowest BCUT2D eigenvalue weighted by atomic mass is 10.2. The van der Waals surface area contributed by atoms with E-state index in [4.69, 9.17) is 14.6 Å². The molecule has 0 fully saturated rings. The molecule has 4 heteroatoms. The highest BCUT2D eigenvalue weighted by atomic mass is 16.3. The van der Waals surface area contributed by atoms with E-state index in [1.165, 1.54) is 0 Å². The molecule has 1 aromatic rings. The largest absolute Gasteiger partial charge is 0.468 e. The molecule has 74 valence electrons. The molecule has 1 unspecified atom stereocenters. The van der Waals surface area contributed by atoms with E-state index in [2.05, 4.69) is 5.32 Å². The summed E-state index contributed by atoms with van der Waals surface area (Å²) in [7, 11) is 0. The Kier molecular flexibility index (Phi) is 3.95. The van der Waals surface area contributed by atoms with E-state index >= 15 is 0 Å². The Balaban J connectivity index is 2.45. The standard InChI is InChI=1S/C9H15NO3/c1-7(9-3-2-4-13-9)10-8(5-11)6-12/h2-4,7-8,10-12H,5-6H2,1H3. The molecule has 4 nitrogen and oxygen atoms in total. The van der Waals surface area contributed by atoms with Crippen LogP contribution in [0.4, 0.5) is 0 Å². The first-order valence-electron chi connectivity index (χ1n) is 4.29. The fourth-order valence-corrected chi connectivity index (χ4v) is 1.14. The van der Waals surface area contributed by atoms with Gasteiger partial charge in [0.05, 0.1) is 31.6 Å². The van der Waals surface area contributed by atoms with Gasteiger partial charge in [-0.3, -0.25) is 0 Å². The molecule has 3 N–H and O–H groups in total. The van der Waals surface area contributed by atoms with Crippen LogP contribution in [-0.2, 0) is 0 Å². The molecule has 1 atom stereocenters. The quantitative estimate of drug-likeness (QED) is 0.616. The van der Waals surface area contributed by atoms with E-state index in [1.807, 2.05) is 13.0 Å². The van der Waals surface area contributed by atoms with Gasteiger partial charge in [0.1, 0.15) is 5.76 Å². The van der Waals surface area contributed by atoms with Gasteiger partial charge in [0.25, 0.3) is 0 Å². The van der Waals surface area contributed by atoms with E-state index < -0.39 is 0 Å². The van der Waals surface area contributed by atoms with E-state index in [-0.39, 0.29) is 25.3 Å². The minimum Gasteiger partial charge on any atom is -0.468 e. The molecular weight excluding hydrogens is 170 g/mol. The van der Waals surface area contributed by atoms with Crippen molar-refractivity contribution in [2.24, 2.45) is 0 Å². The van der Waals surface area contributed by atoms with E-state index in [0.29, 0.717) is 0 Å². The van der Waals surface area contributed by atoms with Crippen molar-refractivity contribution in [3.8, 4) is 0 Å². The first-order chi connectivity index (χ1) is 6.27. The second-order valence-corrected chi connectivity index (χ2v) is 2.97. The zero-order valence-corrected chi connectivity index (χ0v) is 7.60. The van der Waals surface area contributed by atoms with Crippen LogP contribution >= 0.6 is 0 Å². The highest BCUT2D eigenvalue weighted by Crippen LogP contribution is 2.12. The molecule has 0 aliphatic carbocycles. The Morgan fingerprint density at radius 1 is 1.46 bits per heavy atom. The number of nitrogens with one attached hydrogen (secondary N) is 1. The maximum Gasteiger partial charge on any atom is 0.120 e. The van der Waals surface area contributed by atoms with Gasteiger partial charge in [-0.05, 0) is 19.1 Å². The van der Waals surface area contributed by atoms with Crippen molar-refractivity contribution >= 4 is 0 Å². The van der Waals surface area contributed by atoms with E-state index in [0.717, 1.165) is 5.76 Å². The molecule has 1 heterocycles. The van der Waals surface area contributed by atoms with Gasteiger partial charge in [-0.2, -0.15) is 0 Å². The van der Waals surface area contributed by atoms with Crippen molar-refractivity contribution in [3.05, 3.63) is 24.2 Å². The third-order valence-electron chi connectivity index (χ3n) is 1.90. The maximum atomic E-state index is 8.82. The lowest BCUT2D eigenvalue weighted by Gasteiger charge is -2.17. The molecule has 13 heavy (non-hydrogen) atoms. The van der Waals surface area contributed by atoms with Crippen LogP contribution in [0.15, 0.2) is 22.8 Å². The molecule has 1 rings (SSSR count). The van der Waals surface area contributed by atoms with Crippen molar-refractivity contribution < 1.29 is 14.6 Å². The number of hydrogen-bond donors (Lipinski definition) is 3. The Morgan fingerprint density at radius 2 is 2.15 bits per heavy atom. The van der Waals surface area contributed by atoms with Gasteiger partial charge in [0.2, 0.25) is 0 Å². The fraction of sp³-hybridized carbons (Fsp3) is 0.556. The van der Waals surface area contributed by atoms with Crippen LogP contribution in [-0.4, -0.2) is 29.5 Å². The summed E-state index contributed by atoms with van der Waals surface area (Å²) in [4.78, 5) is 0. The topological polar surface area (TPSA) is 65.6 Å². The molecule has 0 spiro atoms. The summed E-state index contributed by atoms with van der Waals surface area (Å²) >= 11 is 0. The van der Waals surface area contributed by atoms with Crippen molar-refractivity contribution in [1.29, 1.82) is 0 Å². The van der Waals surface area contributed by atoms with E-state index in [9.17, 15) is 0 Å². The highest BCUT2D eigenvalue weighted by Gasteiger charge is 2.12. The molecule has 0 radical (unpaired) electrons. The summed E-state index contributed by atoms with van der Waals surface area (Å²) in [6, 6.07) is 3.36. The first kappa shape index (κ1) is 10.2. The van der Waals surface area contributed by atoms with Crippen LogP contribution in [0.1, 0.15) is 18.7 Å². The molecule has 0 saturated heterocycles. The first-order valence-corrected chi connectivity index (χ1v) is 4.29. The summed E-state index contributed by atoms with van der Waals surface area (Å²) in [5.74, 6) is 0.798. The zero-order valence-electron chi connectivity index (χ0n) is 7.60. The molecule has 0 amide bonds. The molecule has 0 saturated carbocycles. The summed E-state index contributed by atoms with van der Waals surface area (Å²) < 4.78 is 5.16. The van der Waals surface area contributed by atoms with Gasteiger partial charge in [-0.1, -0.05) is 0 Å². The second kappa shape index (κ2) is 5.01. The summed E-state index contributed by atoms with van der Waals surface area (Å²) in [6.07, 6.45) is 1.60. The Labute approximate surface area is 77.2 Å². The second-order valence-electron chi connectivity index (χ2n) is 2.97. The van der Waals surface area contributed by atoms with Crippen molar-refractivity contribution in [2.45, 2.75) is 19.0 Å². The Hall–Kier alpha value is -0.840. The van der Waals surface area contributed by atoms with Gasteiger partial charge < -0.3 is 19.9 Å². The average molecular weight is 185 g/mol. The number of rotatable bonds is 5. The van der Waals surface area contributed by atoms with Gasteiger partial charge in [0, 0.05) is 0 Å². The van der Waals surface area contributed by atoms with Crippen LogP contribution in [0, 0.1) is 0 Å². The highest BCUT2D eigenvalue weighted by molar-refractivity contribution is 5.03. The normalized spacial score (nSPS) is 13.5. The molecule has 1 aromatic heterocycles. The van der Waals surface area contributed by atoms with Crippen LogP contribution in [0.2, 0.25) is 0 Å². The summed E-state index contributed by atoms with van der Waals surface area (Å²) in [5.41, 5.74) is 0. The average Bonchev–Trinajstić information content (AvgIpc) is 2.66. The summed E-state index contributed by atoms with van der Waals surface area (Å²) in [6.45, 7) is 1.75. The molecule has 0 aromatic carbocycles. The molecule has 0 aliphatic rings. The van der Waals surface area contributed by atoms with Crippen LogP contribution in [0.5, 0.6) is 0 Å². The van der Waals surface area contributed by atoms with Crippen LogP contribution in [0.25, 0.3) is 0 Å². The lowest BCUT2D eigenvalue weighted by molar-refractivity contribution is 0.160. The smallest absolute Gasteiger partial charge is 0.120 e. The summed E-state index contributed by atoms with van der Waals surface area (Å²) in [5, 5.41) is 20.7. The third kappa shape index (κ3) is 2.84. The van der Waals surface area contributed by atoms with Gasteiger partial charge in [-0.15, -0.1) is 0 Å². The third-order valence-corrected chi connectivity index (χ3v) is 1.90. The molecule has 0 bridgehead atoms. The van der Waals surface area contributed by atoms with E-state index in [1.54, 1.807) is 12.3 Å². The Bertz CT molecular complexity index is 219. The van der Waals surface area contributed by atoms with Crippen molar-refractivity contribution in [3.63, 3.8) is 0 Å². The lowest BCUT2D eigenvalue weighted by Crippen LogP contribution is -2.37. The van der Waals surface area contributed by atoms with Gasteiger partial charge >= 0.3 is 0 Å². The Morgan fingerprint density at radius 3 is 2.62 bits per heavy atom. The predicted molar refractivity (Wildman–Crippen MR) is 48.2 cm³/mol. The monoisotopic (exact) mass is 185 g/mol. The van der Waals surface area contributed by atoms with Gasteiger partial charge in [0.15, 0.2) is 0 Å². The molecule has 0 aliphatic heterocycles. The minimum absolute atomic E-state index is 0.000648. The maximum absolute atomic E-state index is 8.82. The predicted octanol–water partition coefficient (Wildman–Crippen LogP) is 0.283. The minimum atomic E-state index is -0.292. The SMILES string of the molecule is CC(NC(CO)CO)c1ccco1. The van der Waals surface area contributed by atoms with Gasteiger partial charge in [-0.25, -0.2) is 0 Å². The van der Waals surface area contributed by atoms with Crippen LogP contribution < -0.4 is 5.32 Å². The number of hydrogen-bond acceptors (Lipinski definition) is 4. The number of furan rings is 1.